The second-order valence-corrected chi connectivity index (χ2v) is 20.7. The fraction of sp³-hybridized carbons (Fsp3) is 0.250. The summed E-state index contributed by atoms with van der Waals surface area (Å²) in [5.74, 6) is 0. The van der Waals surface area contributed by atoms with Gasteiger partial charge in [-0.25, -0.2) is 0 Å². The largest absolute Gasteiger partial charge is 0.455 e. The van der Waals surface area contributed by atoms with Crippen LogP contribution in [0.2, 0.25) is 0 Å². The molecule has 0 unspecified atom stereocenters. The molecule has 4 heterocycles. The molecule has 0 amide bonds. The van der Waals surface area contributed by atoms with Crippen LogP contribution in [0, 0.1) is 0 Å². The molecule has 0 radical (unpaired) electrons. The van der Waals surface area contributed by atoms with Crippen molar-refractivity contribution in [3.05, 3.63) is 161 Å². The Hall–Kier alpha value is -6.00. The number of hydrogen-bond acceptors (Lipinski definition) is 3. The van der Waals surface area contributed by atoms with Crippen molar-refractivity contribution in [1.29, 1.82) is 0 Å². The number of anilines is 5. The molecule has 4 heteroatoms. The first-order valence-corrected chi connectivity index (χ1v) is 22.0. The molecule has 8 aromatic rings. The first-order chi connectivity index (χ1) is 28.8. The number of hydrogen-bond donors (Lipinski definition) is 0. The van der Waals surface area contributed by atoms with Gasteiger partial charge in [0.1, 0.15) is 11.2 Å². The topological polar surface area (TPSA) is 19.6 Å². The second-order valence-electron chi connectivity index (χ2n) is 20.7. The second kappa shape index (κ2) is 11.0. The number of fused-ring (bicyclic) bond motifs is 15. The summed E-state index contributed by atoms with van der Waals surface area (Å²) in [5.41, 5.74) is 24.3. The summed E-state index contributed by atoms with van der Waals surface area (Å²) in [6, 6.07) is 48.9. The molecular weight excluding hydrogens is 727 g/mol. The van der Waals surface area contributed by atoms with Crippen molar-refractivity contribution in [2.75, 3.05) is 9.71 Å². The van der Waals surface area contributed by atoms with Gasteiger partial charge in [-0.15, -0.1) is 0 Å². The predicted octanol–water partition coefficient (Wildman–Crippen LogP) is 13.6. The van der Waals surface area contributed by atoms with Gasteiger partial charge in [0.2, 0.25) is 0 Å². The highest BCUT2D eigenvalue weighted by molar-refractivity contribution is 6.94. The van der Waals surface area contributed by atoms with Crippen molar-refractivity contribution in [2.45, 2.75) is 89.9 Å². The molecule has 0 bridgehead atoms. The molecule has 1 aromatic heterocycles. The van der Waals surface area contributed by atoms with Crippen LogP contribution in [0.25, 0.3) is 44.2 Å². The number of rotatable bonds is 1. The highest BCUT2D eigenvalue weighted by atomic mass is 16.3. The molecule has 13 rings (SSSR count). The summed E-state index contributed by atoms with van der Waals surface area (Å²) in [7, 11) is 0. The standard InChI is InChI=1S/C56H49BN2O/c1-53(2)28-29-54(3,4)42-30-32(24-26-39(42)53)59-45-27-25-35-34-17-10-14-23-46(34)60-52(35)47(45)37-31-36-33-16-9-11-18-38(33)56(7,8)48(36)51-49(37)57(59)43-21-15-20-41-50(43)58(51)44-22-13-12-19-40(44)55(41,5)6/h9-27,30-31H,28-29H2,1-8H3. The van der Waals surface area contributed by atoms with Crippen LogP contribution in [-0.2, 0) is 21.7 Å². The van der Waals surface area contributed by atoms with Gasteiger partial charge in [0.25, 0.3) is 0 Å². The van der Waals surface area contributed by atoms with Gasteiger partial charge in [0.15, 0.2) is 0 Å². The number of para-hydroxylation sites is 3. The van der Waals surface area contributed by atoms with E-state index in [0.29, 0.717) is 0 Å². The van der Waals surface area contributed by atoms with Crippen molar-refractivity contribution in [3.8, 4) is 22.3 Å². The summed E-state index contributed by atoms with van der Waals surface area (Å²) < 4.78 is 7.10. The van der Waals surface area contributed by atoms with E-state index in [4.69, 9.17) is 4.42 Å². The maximum atomic E-state index is 7.10. The molecule has 60 heavy (non-hydrogen) atoms. The highest BCUT2D eigenvalue weighted by Gasteiger charge is 2.53. The van der Waals surface area contributed by atoms with E-state index in [-0.39, 0.29) is 28.5 Å². The van der Waals surface area contributed by atoms with E-state index >= 15 is 0 Å². The summed E-state index contributed by atoms with van der Waals surface area (Å²) in [6.07, 6.45) is 2.36. The van der Waals surface area contributed by atoms with Gasteiger partial charge in [-0.3, -0.25) is 0 Å². The van der Waals surface area contributed by atoms with Gasteiger partial charge < -0.3 is 14.1 Å². The molecule has 0 saturated heterocycles. The van der Waals surface area contributed by atoms with Crippen molar-refractivity contribution in [2.24, 2.45) is 0 Å². The molecule has 0 N–H and O–H groups in total. The van der Waals surface area contributed by atoms with Crippen LogP contribution in [0.1, 0.15) is 102 Å². The maximum absolute atomic E-state index is 7.10. The fourth-order valence-corrected chi connectivity index (χ4v) is 12.7. The molecule has 5 aliphatic rings. The Morgan fingerprint density at radius 1 is 0.517 bits per heavy atom. The lowest BCUT2D eigenvalue weighted by molar-refractivity contribution is 0.332. The molecule has 0 spiro atoms. The minimum atomic E-state index is -0.243. The van der Waals surface area contributed by atoms with Gasteiger partial charge in [0, 0.05) is 49.9 Å². The summed E-state index contributed by atoms with van der Waals surface area (Å²) in [6.45, 7) is 19.5. The van der Waals surface area contributed by atoms with Crippen LogP contribution in [0.4, 0.5) is 28.4 Å². The van der Waals surface area contributed by atoms with Crippen molar-refractivity contribution in [1.82, 2.24) is 0 Å². The Balaban J connectivity index is 1.24. The zero-order valence-corrected chi connectivity index (χ0v) is 35.9. The minimum absolute atomic E-state index is 0.0604. The molecule has 0 saturated carbocycles. The van der Waals surface area contributed by atoms with E-state index in [2.05, 4.69) is 192 Å². The number of benzene rings is 7. The van der Waals surface area contributed by atoms with Crippen molar-refractivity contribution < 1.29 is 4.42 Å². The highest BCUT2D eigenvalue weighted by Crippen LogP contribution is 2.62. The van der Waals surface area contributed by atoms with Crippen LogP contribution < -0.4 is 20.6 Å². The van der Waals surface area contributed by atoms with Gasteiger partial charge in [-0.2, -0.15) is 0 Å². The quantitative estimate of drug-likeness (QED) is 0.155. The molecule has 3 aliphatic heterocycles. The van der Waals surface area contributed by atoms with E-state index in [1.54, 1.807) is 0 Å². The van der Waals surface area contributed by atoms with Gasteiger partial charge >= 0.3 is 6.85 Å². The summed E-state index contributed by atoms with van der Waals surface area (Å²) in [4.78, 5) is 5.42. The normalized spacial score (nSPS) is 18.6. The van der Waals surface area contributed by atoms with E-state index < -0.39 is 0 Å². The maximum Gasteiger partial charge on any atom is 0.333 e. The monoisotopic (exact) mass is 776 g/mol. The van der Waals surface area contributed by atoms with E-state index in [1.807, 2.05) is 0 Å². The molecule has 2 aliphatic carbocycles. The SMILES string of the molecule is CC1(C)CCC(C)(C)c2cc(N3B4c5cccc6c5N(c5ccccc5C6(C)C)c5c4c(cc4c5C(C)(C)c5ccccc5-4)-c4c3ccc3c4oc4ccccc43)ccc21. The van der Waals surface area contributed by atoms with Crippen molar-refractivity contribution >= 4 is 68.1 Å². The molecule has 0 atom stereocenters. The van der Waals surface area contributed by atoms with Crippen molar-refractivity contribution in [3.63, 3.8) is 0 Å². The first-order valence-electron chi connectivity index (χ1n) is 22.0. The Kier molecular flexibility index (Phi) is 6.40. The lowest BCUT2D eigenvalue weighted by Gasteiger charge is -2.52. The fourth-order valence-electron chi connectivity index (χ4n) is 12.7. The smallest absolute Gasteiger partial charge is 0.333 e. The summed E-state index contributed by atoms with van der Waals surface area (Å²) >= 11 is 0. The van der Waals surface area contributed by atoms with Gasteiger partial charge in [-0.1, -0.05) is 140 Å². The Morgan fingerprint density at radius 2 is 1.23 bits per heavy atom. The van der Waals surface area contributed by atoms with Crippen LogP contribution in [0.5, 0.6) is 0 Å². The number of nitrogens with zero attached hydrogens (tertiary/aromatic N) is 2. The number of furan rings is 1. The third kappa shape index (κ3) is 4.08. The molecular formula is C56H49BN2O. The zero-order valence-electron chi connectivity index (χ0n) is 35.9. The van der Waals surface area contributed by atoms with E-state index in [0.717, 1.165) is 21.9 Å². The van der Waals surface area contributed by atoms with Crippen LogP contribution >= 0.6 is 0 Å². The third-order valence-electron chi connectivity index (χ3n) is 15.9. The average Bonchev–Trinajstić information content (AvgIpc) is 3.73. The third-order valence-corrected chi connectivity index (χ3v) is 15.9. The summed E-state index contributed by atoms with van der Waals surface area (Å²) in [5, 5.41) is 2.32. The Labute approximate surface area is 353 Å². The molecule has 0 fully saturated rings. The van der Waals surface area contributed by atoms with Crippen LogP contribution in [0.15, 0.2) is 132 Å². The van der Waals surface area contributed by atoms with Crippen LogP contribution in [-0.4, -0.2) is 6.85 Å². The minimum Gasteiger partial charge on any atom is -0.455 e. The lowest BCUT2D eigenvalue weighted by Crippen LogP contribution is -2.63. The first kappa shape index (κ1) is 34.8. The average molecular weight is 777 g/mol. The van der Waals surface area contributed by atoms with Crippen LogP contribution in [0.3, 0.4) is 0 Å². The predicted molar refractivity (Wildman–Crippen MR) is 252 cm³/mol. The molecule has 7 aromatic carbocycles. The van der Waals surface area contributed by atoms with Gasteiger partial charge in [-0.05, 0) is 127 Å². The van der Waals surface area contributed by atoms with E-state index in [1.165, 1.54) is 108 Å². The molecule has 3 nitrogen and oxygen atoms in total. The van der Waals surface area contributed by atoms with Gasteiger partial charge in [0.05, 0.1) is 5.69 Å². The molecule has 292 valence electrons. The zero-order chi connectivity index (χ0) is 40.8. The Morgan fingerprint density at radius 3 is 2.07 bits per heavy atom. The lowest BCUT2D eigenvalue weighted by atomic mass is 9.42. The Bertz CT molecular complexity index is 3250. The van der Waals surface area contributed by atoms with E-state index in [9.17, 15) is 0 Å².